The van der Waals surface area contributed by atoms with Crippen LogP contribution in [0.3, 0.4) is 0 Å². The van der Waals surface area contributed by atoms with E-state index in [1.54, 1.807) is 0 Å². The first-order valence-corrected chi connectivity index (χ1v) is 6.43. The molecule has 1 heterocycles. The smallest absolute Gasteiger partial charge is 0.135 e. The van der Waals surface area contributed by atoms with Gasteiger partial charge in [-0.25, -0.2) is 9.97 Å². The first-order chi connectivity index (χ1) is 9.69. The number of nitrogens with zero attached hydrogens (tertiary/aromatic N) is 4. The lowest BCUT2D eigenvalue weighted by Crippen LogP contribution is -2.19. The van der Waals surface area contributed by atoms with E-state index in [2.05, 4.69) is 27.4 Å². The molecule has 0 radical (unpaired) electrons. The predicted octanol–water partition coefficient (Wildman–Crippen LogP) is 2.88. The fourth-order valence-electron chi connectivity index (χ4n) is 1.83. The Morgan fingerprint density at radius 2 is 2.15 bits per heavy atom. The van der Waals surface area contributed by atoms with Gasteiger partial charge < -0.3 is 10.2 Å². The lowest BCUT2D eigenvalue weighted by Gasteiger charge is -2.17. The average molecular weight is 267 g/mol. The molecule has 0 bridgehead atoms. The van der Waals surface area contributed by atoms with Gasteiger partial charge in [-0.1, -0.05) is 12.1 Å². The van der Waals surface area contributed by atoms with E-state index in [1.807, 2.05) is 43.1 Å². The van der Waals surface area contributed by atoms with Crippen molar-refractivity contribution in [2.24, 2.45) is 0 Å². The SMILES string of the molecule is Cc1cccc(Nc2cc(N(C)CCC#N)ncn2)c1. The largest absolute Gasteiger partial charge is 0.358 e. The summed E-state index contributed by atoms with van der Waals surface area (Å²) in [6, 6.07) is 12.1. The molecule has 0 atom stereocenters. The van der Waals surface area contributed by atoms with E-state index < -0.39 is 0 Å². The summed E-state index contributed by atoms with van der Waals surface area (Å²) in [5.74, 6) is 1.54. The minimum atomic E-state index is 0.473. The molecule has 1 aromatic heterocycles. The Balaban J connectivity index is 2.12. The number of hydrogen-bond donors (Lipinski definition) is 1. The molecular formula is C15H17N5. The van der Waals surface area contributed by atoms with Gasteiger partial charge in [-0.15, -0.1) is 0 Å². The van der Waals surface area contributed by atoms with E-state index in [4.69, 9.17) is 5.26 Å². The third kappa shape index (κ3) is 3.69. The van der Waals surface area contributed by atoms with Crippen LogP contribution in [0.25, 0.3) is 0 Å². The van der Waals surface area contributed by atoms with E-state index in [0.717, 1.165) is 17.3 Å². The maximum atomic E-state index is 8.62. The normalized spacial score (nSPS) is 9.85. The van der Waals surface area contributed by atoms with Crippen LogP contribution >= 0.6 is 0 Å². The molecule has 5 heteroatoms. The van der Waals surface area contributed by atoms with E-state index in [9.17, 15) is 0 Å². The van der Waals surface area contributed by atoms with Crippen LogP contribution in [0.2, 0.25) is 0 Å². The van der Waals surface area contributed by atoms with Crippen LogP contribution in [-0.4, -0.2) is 23.6 Å². The first-order valence-electron chi connectivity index (χ1n) is 6.43. The second-order valence-corrected chi connectivity index (χ2v) is 4.59. The lowest BCUT2D eigenvalue weighted by atomic mass is 10.2. The van der Waals surface area contributed by atoms with Crippen LogP contribution in [0.4, 0.5) is 17.3 Å². The van der Waals surface area contributed by atoms with Crippen LogP contribution in [0.15, 0.2) is 36.7 Å². The van der Waals surface area contributed by atoms with E-state index in [1.165, 1.54) is 11.9 Å². The Morgan fingerprint density at radius 1 is 1.30 bits per heavy atom. The highest BCUT2D eigenvalue weighted by atomic mass is 15.2. The van der Waals surface area contributed by atoms with Gasteiger partial charge in [-0.2, -0.15) is 5.26 Å². The number of anilines is 3. The van der Waals surface area contributed by atoms with Crippen molar-refractivity contribution in [3.63, 3.8) is 0 Å². The van der Waals surface area contributed by atoms with Crippen LogP contribution in [-0.2, 0) is 0 Å². The summed E-state index contributed by atoms with van der Waals surface area (Å²) in [6.07, 6.45) is 2.00. The predicted molar refractivity (Wildman–Crippen MR) is 80.0 cm³/mol. The summed E-state index contributed by atoms with van der Waals surface area (Å²) in [7, 11) is 1.91. The van der Waals surface area contributed by atoms with Crippen molar-refractivity contribution >= 4 is 17.3 Å². The highest BCUT2D eigenvalue weighted by Gasteiger charge is 2.04. The molecule has 0 amide bonds. The number of aromatic nitrogens is 2. The maximum absolute atomic E-state index is 8.62. The van der Waals surface area contributed by atoms with Gasteiger partial charge in [0, 0.05) is 25.3 Å². The quantitative estimate of drug-likeness (QED) is 0.902. The van der Waals surface area contributed by atoms with E-state index in [0.29, 0.717) is 13.0 Å². The van der Waals surface area contributed by atoms with Crippen molar-refractivity contribution in [3.05, 3.63) is 42.2 Å². The van der Waals surface area contributed by atoms with E-state index >= 15 is 0 Å². The van der Waals surface area contributed by atoms with Gasteiger partial charge in [-0.05, 0) is 24.6 Å². The van der Waals surface area contributed by atoms with Gasteiger partial charge in [0.2, 0.25) is 0 Å². The molecule has 1 aromatic carbocycles. The van der Waals surface area contributed by atoms with Crippen molar-refractivity contribution in [1.29, 1.82) is 5.26 Å². The average Bonchev–Trinajstić information content (AvgIpc) is 2.45. The maximum Gasteiger partial charge on any atom is 0.135 e. The molecule has 0 saturated carbocycles. The molecule has 0 fully saturated rings. The molecule has 1 N–H and O–H groups in total. The zero-order valence-electron chi connectivity index (χ0n) is 11.7. The summed E-state index contributed by atoms with van der Waals surface area (Å²) in [6.45, 7) is 2.70. The fraction of sp³-hybridized carbons (Fsp3) is 0.267. The van der Waals surface area contributed by atoms with Gasteiger partial charge in [0.25, 0.3) is 0 Å². The van der Waals surface area contributed by atoms with Crippen LogP contribution < -0.4 is 10.2 Å². The second-order valence-electron chi connectivity index (χ2n) is 4.59. The molecule has 0 unspecified atom stereocenters. The monoisotopic (exact) mass is 267 g/mol. The van der Waals surface area contributed by atoms with Gasteiger partial charge in [0.1, 0.15) is 18.0 Å². The van der Waals surface area contributed by atoms with Crippen molar-refractivity contribution in [3.8, 4) is 6.07 Å². The molecule has 2 rings (SSSR count). The molecule has 0 saturated heterocycles. The van der Waals surface area contributed by atoms with Gasteiger partial charge in [0.15, 0.2) is 0 Å². The van der Waals surface area contributed by atoms with Crippen molar-refractivity contribution in [2.75, 3.05) is 23.8 Å². The number of nitriles is 1. The number of rotatable bonds is 5. The zero-order valence-corrected chi connectivity index (χ0v) is 11.7. The third-order valence-electron chi connectivity index (χ3n) is 2.89. The topological polar surface area (TPSA) is 64.8 Å². The standard InChI is InChI=1S/C15H17N5/c1-12-5-3-6-13(9-12)19-14-10-15(18-11-17-14)20(2)8-4-7-16/h3,5-6,9-11H,4,8H2,1-2H3,(H,17,18,19). The molecule has 2 aromatic rings. The van der Waals surface area contributed by atoms with Gasteiger partial charge >= 0.3 is 0 Å². The number of nitrogens with one attached hydrogen (secondary N) is 1. The highest BCUT2D eigenvalue weighted by Crippen LogP contribution is 2.18. The minimum absolute atomic E-state index is 0.473. The van der Waals surface area contributed by atoms with Gasteiger partial charge in [0.05, 0.1) is 12.5 Å². The Morgan fingerprint density at radius 3 is 2.90 bits per heavy atom. The zero-order chi connectivity index (χ0) is 14.4. The van der Waals surface area contributed by atoms with Crippen LogP contribution in [0, 0.1) is 18.3 Å². The summed E-state index contributed by atoms with van der Waals surface area (Å²) in [4.78, 5) is 10.4. The number of aryl methyl sites for hydroxylation is 1. The minimum Gasteiger partial charge on any atom is -0.358 e. The van der Waals surface area contributed by atoms with Crippen molar-refractivity contribution in [2.45, 2.75) is 13.3 Å². The number of hydrogen-bond acceptors (Lipinski definition) is 5. The lowest BCUT2D eigenvalue weighted by molar-refractivity contribution is 0.880. The van der Waals surface area contributed by atoms with Crippen LogP contribution in [0.1, 0.15) is 12.0 Å². The van der Waals surface area contributed by atoms with Gasteiger partial charge in [-0.3, -0.25) is 0 Å². The Hall–Kier alpha value is -2.61. The molecule has 0 aliphatic rings. The molecule has 102 valence electrons. The molecular weight excluding hydrogens is 250 g/mol. The van der Waals surface area contributed by atoms with Crippen LogP contribution in [0.5, 0.6) is 0 Å². The van der Waals surface area contributed by atoms with E-state index in [-0.39, 0.29) is 0 Å². The highest BCUT2D eigenvalue weighted by molar-refractivity contribution is 5.59. The third-order valence-corrected chi connectivity index (χ3v) is 2.89. The fourth-order valence-corrected chi connectivity index (χ4v) is 1.83. The molecule has 0 aliphatic carbocycles. The first kappa shape index (κ1) is 13.8. The number of benzene rings is 1. The second kappa shape index (κ2) is 6.53. The van der Waals surface area contributed by atoms with Crippen molar-refractivity contribution < 1.29 is 0 Å². The molecule has 0 spiro atoms. The Bertz CT molecular complexity index is 618. The molecule has 0 aliphatic heterocycles. The Labute approximate surface area is 118 Å². The Kier molecular flexibility index (Phi) is 4.51. The summed E-state index contributed by atoms with van der Waals surface area (Å²) >= 11 is 0. The summed E-state index contributed by atoms with van der Waals surface area (Å²) in [5, 5.41) is 11.9. The molecule has 20 heavy (non-hydrogen) atoms. The van der Waals surface area contributed by atoms with Crippen molar-refractivity contribution in [1.82, 2.24) is 9.97 Å². The summed E-state index contributed by atoms with van der Waals surface area (Å²) in [5.41, 5.74) is 2.18. The summed E-state index contributed by atoms with van der Waals surface area (Å²) < 4.78 is 0. The molecule has 5 nitrogen and oxygen atoms in total.